The summed E-state index contributed by atoms with van der Waals surface area (Å²) in [5, 5.41) is 4.18. The first-order valence-corrected chi connectivity index (χ1v) is 6.76. The molecule has 17 heavy (non-hydrogen) atoms. The van der Waals surface area contributed by atoms with Gasteiger partial charge in [0.15, 0.2) is 0 Å². The molecule has 2 aromatic rings. The molecule has 0 saturated carbocycles. The highest BCUT2D eigenvalue weighted by molar-refractivity contribution is 7.07. The van der Waals surface area contributed by atoms with Crippen molar-refractivity contribution in [1.82, 2.24) is 0 Å². The third-order valence-electron chi connectivity index (χ3n) is 2.64. The van der Waals surface area contributed by atoms with E-state index in [1.807, 2.05) is 30.3 Å². The molecule has 1 unspecified atom stereocenters. The summed E-state index contributed by atoms with van der Waals surface area (Å²) >= 11 is 1.69. The highest BCUT2D eigenvalue weighted by Crippen LogP contribution is 2.18. The molecule has 3 heteroatoms. The minimum atomic E-state index is 0.139. The summed E-state index contributed by atoms with van der Waals surface area (Å²) in [6, 6.07) is 12.1. The molecule has 0 spiro atoms. The average Bonchev–Trinajstić information content (AvgIpc) is 2.89. The molecule has 1 heterocycles. The summed E-state index contributed by atoms with van der Waals surface area (Å²) in [4.78, 5) is 0. The number of nitrogens with two attached hydrogens (primary N) is 1. The minimum Gasteiger partial charge on any atom is -0.494 e. The van der Waals surface area contributed by atoms with Gasteiger partial charge in [0.2, 0.25) is 0 Å². The zero-order chi connectivity index (χ0) is 11.9. The number of rotatable bonds is 6. The highest BCUT2D eigenvalue weighted by atomic mass is 32.1. The zero-order valence-electron chi connectivity index (χ0n) is 9.71. The number of ether oxygens (including phenoxy) is 1. The molecule has 2 rings (SSSR count). The Hall–Kier alpha value is -1.32. The van der Waals surface area contributed by atoms with Gasteiger partial charge in [0.1, 0.15) is 5.75 Å². The molecule has 0 saturated heterocycles. The van der Waals surface area contributed by atoms with E-state index in [1.165, 1.54) is 5.56 Å². The third-order valence-corrected chi connectivity index (χ3v) is 3.34. The zero-order valence-corrected chi connectivity index (χ0v) is 10.5. The van der Waals surface area contributed by atoms with Crippen LogP contribution in [0.2, 0.25) is 0 Å². The van der Waals surface area contributed by atoms with Crippen LogP contribution in [0.3, 0.4) is 0 Å². The van der Waals surface area contributed by atoms with Crippen LogP contribution in [-0.4, -0.2) is 6.61 Å². The van der Waals surface area contributed by atoms with Crippen molar-refractivity contribution in [2.24, 2.45) is 5.73 Å². The van der Waals surface area contributed by atoms with Crippen molar-refractivity contribution in [3.05, 3.63) is 52.7 Å². The van der Waals surface area contributed by atoms with E-state index < -0.39 is 0 Å². The van der Waals surface area contributed by atoms with E-state index >= 15 is 0 Å². The molecule has 2 nitrogen and oxygen atoms in total. The first kappa shape index (κ1) is 12.1. The van der Waals surface area contributed by atoms with Crippen LogP contribution in [0.15, 0.2) is 47.2 Å². The molecule has 0 aliphatic rings. The van der Waals surface area contributed by atoms with Gasteiger partial charge >= 0.3 is 0 Å². The molecule has 1 aromatic carbocycles. The van der Waals surface area contributed by atoms with Crippen molar-refractivity contribution in [3.63, 3.8) is 0 Å². The molecular formula is C14H17NOS. The second kappa shape index (κ2) is 6.42. The molecule has 1 aromatic heterocycles. The van der Waals surface area contributed by atoms with Gasteiger partial charge in [0, 0.05) is 6.04 Å². The quantitative estimate of drug-likeness (QED) is 0.791. The summed E-state index contributed by atoms with van der Waals surface area (Å²) in [5.74, 6) is 0.927. The van der Waals surface area contributed by atoms with E-state index in [9.17, 15) is 0 Å². The van der Waals surface area contributed by atoms with Crippen LogP contribution in [0.1, 0.15) is 24.4 Å². The van der Waals surface area contributed by atoms with Gasteiger partial charge < -0.3 is 10.5 Å². The van der Waals surface area contributed by atoms with Gasteiger partial charge in [-0.25, -0.2) is 0 Å². The molecular weight excluding hydrogens is 230 g/mol. The van der Waals surface area contributed by atoms with Crippen molar-refractivity contribution in [2.45, 2.75) is 18.9 Å². The highest BCUT2D eigenvalue weighted by Gasteiger charge is 2.05. The lowest BCUT2D eigenvalue weighted by molar-refractivity contribution is 0.302. The van der Waals surface area contributed by atoms with Crippen LogP contribution < -0.4 is 10.5 Å². The van der Waals surface area contributed by atoms with E-state index in [4.69, 9.17) is 10.5 Å². The molecule has 0 amide bonds. The summed E-state index contributed by atoms with van der Waals surface area (Å²) in [5.41, 5.74) is 7.30. The van der Waals surface area contributed by atoms with E-state index in [2.05, 4.69) is 16.8 Å². The average molecular weight is 247 g/mol. The van der Waals surface area contributed by atoms with E-state index in [1.54, 1.807) is 11.3 Å². The number of hydrogen-bond acceptors (Lipinski definition) is 3. The van der Waals surface area contributed by atoms with Gasteiger partial charge in [0.25, 0.3) is 0 Å². The maximum absolute atomic E-state index is 6.07. The Morgan fingerprint density at radius 3 is 2.71 bits per heavy atom. The van der Waals surface area contributed by atoms with Gasteiger partial charge in [-0.3, -0.25) is 0 Å². The van der Waals surface area contributed by atoms with Crippen LogP contribution in [-0.2, 0) is 0 Å². The van der Waals surface area contributed by atoms with Crippen LogP contribution in [0.4, 0.5) is 0 Å². The van der Waals surface area contributed by atoms with Crippen LogP contribution >= 0.6 is 11.3 Å². The molecule has 0 fully saturated rings. The molecule has 0 bridgehead atoms. The SMILES string of the molecule is NC(CCCOc1ccccc1)c1ccsc1. The lowest BCUT2D eigenvalue weighted by Gasteiger charge is -2.10. The maximum atomic E-state index is 6.07. The van der Waals surface area contributed by atoms with Gasteiger partial charge in [-0.05, 0) is 47.4 Å². The standard InChI is InChI=1S/C14H17NOS/c15-14(12-8-10-17-11-12)7-4-9-16-13-5-2-1-3-6-13/h1-3,5-6,8,10-11,14H,4,7,9,15H2. The number of benzene rings is 1. The van der Waals surface area contributed by atoms with Gasteiger partial charge in [-0.15, -0.1) is 0 Å². The Kier molecular flexibility index (Phi) is 4.59. The second-order valence-electron chi connectivity index (χ2n) is 3.97. The Morgan fingerprint density at radius 2 is 2.00 bits per heavy atom. The van der Waals surface area contributed by atoms with Crippen LogP contribution in [0.25, 0.3) is 0 Å². The predicted octanol–water partition coefficient (Wildman–Crippen LogP) is 3.61. The first-order chi connectivity index (χ1) is 8.36. The van der Waals surface area contributed by atoms with Crippen molar-refractivity contribution in [2.75, 3.05) is 6.61 Å². The fourth-order valence-corrected chi connectivity index (χ4v) is 2.39. The minimum absolute atomic E-state index is 0.139. The third kappa shape index (κ3) is 3.88. The number of hydrogen-bond donors (Lipinski definition) is 1. The Balaban J connectivity index is 1.67. The van der Waals surface area contributed by atoms with Gasteiger partial charge in [-0.1, -0.05) is 18.2 Å². The van der Waals surface area contributed by atoms with Gasteiger partial charge in [-0.2, -0.15) is 11.3 Å². The Bertz CT molecular complexity index is 413. The normalized spacial score (nSPS) is 12.3. The lowest BCUT2D eigenvalue weighted by atomic mass is 10.1. The largest absolute Gasteiger partial charge is 0.494 e. The second-order valence-corrected chi connectivity index (χ2v) is 4.75. The Labute approximate surface area is 106 Å². The molecule has 2 N–H and O–H groups in total. The Morgan fingerprint density at radius 1 is 1.18 bits per heavy atom. The topological polar surface area (TPSA) is 35.2 Å². The van der Waals surface area contributed by atoms with Crippen LogP contribution in [0, 0.1) is 0 Å². The van der Waals surface area contributed by atoms with E-state index in [0.29, 0.717) is 0 Å². The lowest BCUT2D eigenvalue weighted by Crippen LogP contribution is -2.10. The fraction of sp³-hybridized carbons (Fsp3) is 0.286. The van der Waals surface area contributed by atoms with Crippen LogP contribution in [0.5, 0.6) is 5.75 Å². The smallest absolute Gasteiger partial charge is 0.119 e. The number of thiophene rings is 1. The molecule has 1 atom stereocenters. The van der Waals surface area contributed by atoms with E-state index in [0.717, 1.165) is 25.2 Å². The summed E-state index contributed by atoms with van der Waals surface area (Å²) in [6.07, 6.45) is 1.94. The predicted molar refractivity (Wildman–Crippen MR) is 72.4 cm³/mol. The molecule has 0 aliphatic carbocycles. The summed E-state index contributed by atoms with van der Waals surface area (Å²) in [7, 11) is 0. The fourth-order valence-electron chi connectivity index (χ4n) is 1.66. The summed E-state index contributed by atoms with van der Waals surface area (Å²) < 4.78 is 5.62. The van der Waals surface area contributed by atoms with Gasteiger partial charge in [0.05, 0.1) is 6.61 Å². The number of para-hydroxylation sites is 1. The van der Waals surface area contributed by atoms with E-state index in [-0.39, 0.29) is 6.04 Å². The van der Waals surface area contributed by atoms with Crippen molar-refractivity contribution in [1.29, 1.82) is 0 Å². The molecule has 0 radical (unpaired) electrons. The monoisotopic (exact) mass is 247 g/mol. The molecule has 90 valence electrons. The first-order valence-electron chi connectivity index (χ1n) is 5.82. The van der Waals surface area contributed by atoms with Crippen molar-refractivity contribution >= 4 is 11.3 Å². The maximum Gasteiger partial charge on any atom is 0.119 e. The van der Waals surface area contributed by atoms with Crippen molar-refractivity contribution < 1.29 is 4.74 Å². The summed E-state index contributed by atoms with van der Waals surface area (Å²) in [6.45, 7) is 0.724. The van der Waals surface area contributed by atoms with Crippen molar-refractivity contribution in [3.8, 4) is 5.75 Å². The molecule has 0 aliphatic heterocycles.